The summed E-state index contributed by atoms with van der Waals surface area (Å²) in [6.07, 6.45) is -0.409. The molecule has 2 aromatic rings. The third kappa shape index (κ3) is 3.34. The average Bonchev–Trinajstić information content (AvgIpc) is 2.92. The van der Waals surface area contributed by atoms with Crippen molar-refractivity contribution in [1.82, 2.24) is 14.9 Å². The van der Waals surface area contributed by atoms with E-state index in [1.165, 1.54) is 0 Å². The van der Waals surface area contributed by atoms with Gasteiger partial charge in [-0.1, -0.05) is 12.1 Å². The molecule has 0 saturated carbocycles. The van der Waals surface area contributed by atoms with E-state index < -0.39 is 6.10 Å². The van der Waals surface area contributed by atoms with Crippen molar-refractivity contribution in [1.29, 1.82) is 0 Å². The minimum Gasteiger partial charge on any atom is -0.389 e. The van der Waals surface area contributed by atoms with Gasteiger partial charge in [-0.25, -0.2) is 4.98 Å². The summed E-state index contributed by atoms with van der Waals surface area (Å²) >= 11 is 0. The lowest BCUT2D eigenvalue weighted by Gasteiger charge is -2.35. The van der Waals surface area contributed by atoms with Crippen LogP contribution in [0.15, 0.2) is 24.3 Å². The van der Waals surface area contributed by atoms with Gasteiger partial charge in [0.25, 0.3) is 0 Å². The van der Waals surface area contributed by atoms with E-state index in [1.807, 2.05) is 24.3 Å². The third-order valence-corrected chi connectivity index (χ3v) is 3.88. The van der Waals surface area contributed by atoms with E-state index in [4.69, 9.17) is 4.74 Å². The topological polar surface area (TPSA) is 64.6 Å². The van der Waals surface area contributed by atoms with Crippen LogP contribution in [-0.4, -0.2) is 72.5 Å². The Labute approximate surface area is 124 Å². The number of ether oxygens (including phenoxy) is 1. The van der Waals surface area contributed by atoms with Gasteiger partial charge in [0, 0.05) is 39.8 Å². The Bertz CT molecular complexity index is 545. The third-order valence-electron chi connectivity index (χ3n) is 3.88. The molecule has 6 nitrogen and oxygen atoms in total. The van der Waals surface area contributed by atoms with Crippen molar-refractivity contribution in [3.63, 3.8) is 0 Å². The average molecular weight is 290 g/mol. The van der Waals surface area contributed by atoms with Crippen LogP contribution in [0.25, 0.3) is 11.0 Å². The maximum atomic E-state index is 9.78. The van der Waals surface area contributed by atoms with Crippen molar-refractivity contribution in [3.8, 4) is 0 Å². The zero-order chi connectivity index (χ0) is 14.7. The summed E-state index contributed by atoms with van der Waals surface area (Å²) in [5, 5.41) is 9.78. The molecule has 6 heteroatoms. The highest BCUT2D eigenvalue weighted by atomic mass is 16.5. The zero-order valence-electron chi connectivity index (χ0n) is 12.3. The van der Waals surface area contributed by atoms with E-state index in [9.17, 15) is 5.11 Å². The zero-order valence-corrected chi connectivity index (χ0v) is 12.3. The Kier molecular flexibility index (Phi) is 4.38. The van der Waals surface area contributed by atoms with E-state index in [0.29, 0.717) is 13.2 Å². The fraction of sp³-hybridized carbons (Fsp3) is 0.533. The fourth-order valence-electron chi connectivity index (χ4n) is 2.77. The van der Waals surface area contributed by atoms with Crippen LogP contribution in [0, 0.1) is 0 Å². The molecule has 0 aliphatic carbocycles. The molecule has 1 atom stereocenters. The molecule has 1 aromatic carbocycles. The van der Waals surface area contributed by atoms with Crippen LogP contribution in [0.2, 0.25) is 0 Å². The fourth-order valence-corrected chi connectivity index (χ4v) is 2.77. The van der Waals surface area contributed by atoms with Gasteiger partial charge in [-0.3, -0.25) is 4.90 Å². The predicted octanol–water partition coefficient (Wildman–Crippen LogP) is 0.692. The van der Waals surface area contributed by atoms with Crippen molar-refractivity contribution in [2.45, 2.75) is 6.10 Å². The van der Waals surface area contributed by atoms with Crippen LogP contribution in [-0.2, 0) is 4.74 Å². The number of fused-ring (bicyclic) bond motifs is 1. The molecule has 2 N–H and O–H groups in total. The number of aliphatic hydroxyl groups excluding tert-OH is 1. The summed E-state index contributed by atoms with van der Waals surface area (Å²) in [5.74, 6) is 0.938. The highest BCUT2D eigenvalue weighted by Gasteiger charge is 2.21. The molecule has 0 spiro atoms. The summed E-state index contributed by atoms with van der Waals surface area (Å²) < 4.78 is 4.97. The van der Waals surface area contributed by atoms with Gasteiger partial charge in [0.05, 0.1) is 23.7 Å². The maximum absolute atomic E-state index is 9.78. The monoisotopic (exact) mass is 290 g/mol. The van der Waals surface area contributed by atoms with Gasteiger partial charge in [0.15, 0.2) is 0 Å². The number of rotatable bonds is 5. The smallest absolute Gasteiger partial charge is 0.203 e. The first kappa shape index (κ1) is 14.3. The van der Waals surface area contributed by atoms with Gasteiger partial charge in [0.1, 0.15) is 0 Å². The summed E-state index contributed by atoms with van der Waals surface area (Å²) in [7, 11) is 1.61. The number of imidazole rings is 1. The summed E-state index contributed by atoms with van der Waals surface area (Å²) in [4.78, 5) is 12.5. The molecule has 21 heavy (non-hydrogen) atoms. The summed E-state index contributed by atoms with van der Waals surface area (Å²) in [6, 6.07) is 8.08. The Hall–Kier alpha value is -1.63. The lowest BCUT2D eigenvalue weighted by atomic mass is 10.3. The number of benzene rings is 1. The van der Waals surface area contributed by atoms with Crippen LogP contribution >= 0.6 is 0 Å². The van der Waals surface area contributed by atoms with Gasteiger partial charge >= 0.3 is 0 Å². The summed E-state index contributed by atoms with van der Waals surface area (Å²) in [6.45, 7) is 4.75. The molecule has 2 heterocycles. The van der Waals surface area contributed by atoms with Crippen LogP contribution in [0.1, 0.15) is 0 Å². The van der Waals surface area contributed by atoms with Crippen molar-refractivity contribution in [3.05, 3.63) is 24.3 Å². The lowest BCUT2D eigenvalue weighted by Crippen LogP contribution is -2.49. The largest absolute Gasteiger partial charge is 0.389 e. The molecule has 1 aliphatic heterocycles. The van der Waals surface area contributed by atoms with Crippen molar-refractivity contribution >= 4 is 17.0 Å². The molecule has 1 saturated heterocycles. The number of aromatic nitrogens is 2. The van der Waals surface area contributed by atoms with E-state index in [1.54, 1.807) is 7.11 Å². The van der Waals surface area contributed by atoms with E-state index in [2.05, 4.69) is 19.8 Å². The number of hydrogen-bond acceptors (Lipinski definition) is 5. The van der Waals surface area contributed by atoms with Gasteiger partial charge in [0.2, 0.25) is 5.95 Å². The number of anilines is 1. The first-order valence-electron chi connectivity index (χ1n) is 7.35. The second kappa shape index (κ2) is 6.43. The number of aromatic amines is 1. The lowest BCUT2D eigenvalue weighted by molar-refractivity contribution is 0.0364. The number of aliphatic hydroxyl groups is 1. The number of methoxy groups -OCH3 is 1. The normalized spacial score (nSPS) is 18.3. The predicted molar refractivity (Wildman–Crippen MR) is 82.6 cm³/mol. The maximum Gasteiger partial charge on any atom is 0.203 e. The first-order valence-corrected chi connectivity index (χ1v) is 7.35. The Morgan fingerprint density at radius 2 is 2.05 bits per heavy atom. The van der Waals surface area contributed by atoms with Crippen LogP contribution in [0.5, 0.6) is 0 Å². The van der Waals surface area contributed by atoms with E-state index in [-0.39, 0.29) is 0 Å². The van der Waals surface area contributed by atoms with Crippen molar-refractivity contribution in [2.24, 2.45) is 0 Å². The summed E-state index contributed by atoms with van der Waals surface area (Å²) in [5.41, 5.74) is 2.08. The molecular weight excluding hydrogens is 268 g/mol. The van der Waals surface area contributed by atoms with E-state index in [0.717, 1.165) is 43.2 Å². The highest BCUT2D eigenvalue weighted by Crippen LogP contribution is 2.18. The number of piperazine rings is 1. The second-order valence-corrected chi connectivity index (χ2v) is 5.47. The highest BCUT2D eigenvalue weighted by molar-refractivity contribution is 5.77. The Morgan fingerprint density at radius 3 is 2.76 bits per heavy atom. The minimum atomic E-state index is -0.409. The molecule has 1 fully saturated rings. The molecule has 0 unspecified atom stereocenters. The van der Waals surface area contributed by atoms with Gasteiger partial charge in [-0.15, -0.1) is 0 Å². The molecule has 114 valence electrons. The van der Waals surface area contributed by atoms with E-state index >= 15 is 0 Å². The Balaban J connectivity index is 1.58. The number of hydrogen-bond donors (Lipinski definition) is 2. The SMILES string of the molecule is COC[C@H](O)CN1CCN(c2nc3ccccc3[nH]2)CC1. The number of β-amino-alcohol motifs (C(OH)–C–C–N with tert-alkyl or cyclic N) is 1. The van der Waals surface area contributed by atoms with Crippen LogP contribution in [0.4, 0.5) is 5.95 Å². The van der Waals surface area contributed by atoms with Gasteiger partial charge in [-0.05, 0) is 12.1 Å². The second-order valence-electron chi connectivity index (χ2n) is 5.47. The standard InChI is InChI=1S/C15H22N4O2/c1-21-11-12(20)10-18-6-8-19(9-7-18)15-16-13-4-2-3-5-14(13)17-15/h2-5,12,20H,6-11H2,1H3,(H,16,17)/t12-/m1/s1. The van der Waals surface area contributed by atoms with Crippen molar-refractivity contribution < 1.29 is 9.84 Å². The molecule has 1 aromatic heterocycles. The number of para-hydroxylation sites is 2. The molecular formula is C15H22N4O2. The quantitative estimate of drug-likeness (QED) is 0.848. The minimum absolute atomic E-state index is 0.393. The Morgan fingerprint density at radius 1 is 1.29 bits per heavy atom. The molecule has 1 aliphatic rings. The van der Waals surface area contributed by atoms with Gasteiger partial charge in [-0.2, -0.15) is 0 Å². The van der Waals surface area contributed by atoms with Crippen LogP contribution in [0.3, 0.4) is 0 Å². The molecule has 0 bridgehead atoms. The number of H-pyrrole nitrogens is 1. The molecule has 0 amide bonds. The molecule has 0 radical (unpaired) electrons. The number of nitrogens with one attached hydrogen (secondary N) is 1. The van der Waals surface area contributed by atoms with Crippen LogP contribution < -0.4 is 4.90 Å². The number of nitrogens with zero attached hydrogens (tertiary/aromatic N) is 3. The first-order chi connectivity index (χ1) is 10.3. The molecule has 3 rings (SSSR count). The van der Waals surface area contributed by atoms with Gasteiger partial charge < -0.3 is 19.7 Å². The van der Waals surface area contributed by atoms with Crippen molar-refractivity contribution in [2.75, 3.05) is 51.3 Å².